The third kappa shape index (κ3) is 6.68. The van der Waals surface area contributed by atoms with Crippen LogP contribution in [0.1, 0.15) is 145 Å². The number of esters is 1. The number of aliphatic carboxylic acids is 1. The molecule has 0 aromatic rings. The van der Waals surface area contributed by atoms with Crippen molar-refractivity contribution in [3.8, 4) is 0 Å². The van der Waals surface area contributed by atoms with Crippen molar-refractivity contribution < 1.29 is 24.5 Å². The van der Waals surface area contributed by atoms with E-state index in [-0.39, 0.29) is 40.8 Å². The van der Waals surface area contributed by atoms with E-state index in [1.54, 1.807) is 13.8 Å². The van der Waals surface area contributed by atoms with Crippen LogP contribution in [-0.4, -0.2) is 72.0 Å². The maximum atomic E-state index is 13.1. The monoisotopic (exact) mass is 711 g/mol. The maximum Gasteiger partial charge on any atom is 0.309 e. The lowest BCUT2D eigenvalue weighted by atomic mass is 9.32. The molecular formula is C44H74N2O5. The molecule has 51 heavy (non-hydrogen) atoms. The molecule has 0 aromatic heterocycles. The molecule has 0 unspecified atom stereocenters. The molecule has 5 aliphatic carbocycles. The highest BCUT2D eigenvalue weighted by molar-refractivity contribution is 5.81. The zero-order valence-corrected chi connectivity index (χ0v) is 33.7. The van der Waals surface area contributed by atoms with E-state index in [0.29, 0.717) is 28.6 Å². The normalized spacial score (nSPS) is 42.6. The number of hydrogen-bond acceptors (Lipinski definition) is 6. The molecular weight excluding hydrogens is 636 g/mol. The summed E-state index contributed by atoms with van der Waals surface area (Å²) in [5.74, 6) is 1.90. The number of carboxylic acids is 1. The van der Waals surface area contributed by atoms with E-state index >= 15 is 0 Å². The zero-order valence-electron chi connectivity index (χ0n) is 33.7. The topological polar surface area (TPSA) is 99.1 Å². The first-order chi connectivity index (χ1) is 23.8. The summed E-state index contributed by atoms with van der Waals surface area (Å²) in [5, 5.41) is 23.4. The molecule has 6 fully saturated rings. The Bertz CT molecular complexity index is 1320. The van der Waals surface area contributed by atoms with Crippen molar-refractivity contribution in [1.82, 2.24) is 10.2 Å². The van der Waals surface area contributed by atoms with Gasteiger partial charge in [-0.05, 0) is 162 Å². The SMILES string of the molecule is C=C(C)[C@@H]1CC[C@]2(CCNCCN3CCC(O)CC3)CC[C@]3(C)[C@H](CC[C@@H]4[C@@]5(C)CC[C@H](OC(=O)CC(C)(C)C(=O)O)C(C)(C)[C@@H]5CC[C@]43C)[C@@H]12. The Hall–Kier alpha value is -1.44. The molecule has 7 heteroatoms. The number of nitrogens with zero attached hydrogens (tertiary/aromatic N) is 1. The fourth-order valence-electron chi connectivity index (χ4n) is 14.4. The van der Waals surface area contributed by atoms with Crippen LogP contribution in [0.15, 0.2) is 12.2 Å². The van der Waals surface area contributed by atoms with Crippen LogP contribution < -0.4 is 5.32 Å². The largest absolute Gasteiger partial charge is 0.481 e. The molecule has 5 saturated carbocycles. The molecule has 0 amide bonds. The van der Waals surface area contributed by atoms with Gasteiger partial charge in [0.1, 0.15) is 6.10 Å². The lowest BCUT2D eigenvalue weighted by Crippen LogP contribution is -2.66. The minimum Gasteiger partial charge on any atom is -0.481 e. The van der Waals surface area contributed by atoms with Crippen LogP contribution in [0.2, 0.25) is 0 Å². The smallest absolute Gasteiger partial charge is 0.309 e. The van der Waals surface area contributed by atoms with Gasteiger partial charge in [-0.2, -0.15) is 0 Å². The lowest BCUT2D eigenvalue weighted by Gasteiger charge is -2.73. The summed E-state index contributed by atoms with van der Waals surface area (Å²) in [6.45, 7) is 28.1. The number of carbonyl (C=O) groups excluding carboxylic acids is 1. The van der Waals surface area contributed by atoms with Gasteiger partial charge in [-0.25, -0.2) is 0 Å². The maximum absolute atomic E-state index is 13.1. The summed E-state index contributed by atoms with van der Waals surface area (Å²) in [7, 11) is 0. The zero-order chi connectivity index (χ0) is 37.2. The quantitative estimate of drug-likeness (QED) is 0.112. The highest BCUT2D eigenvalue weighted by atomic mass is 16.5. The Morgan fingerprint density at radius 3 is 2.24 bits per heavy atom. The number of hydrogen-bond donors (Lipinski definition) is 3. The summed E-state index contributed by atoms with van der Waals surface area (Å²) < 4.78 is 6.20. The number of allylic oxidation sites excluding steroid dienone is 1. The third-order valence-corrected chi connectivity index (χ3v) is 17.6. The molecule has 290 valence electrons. The fraction of sp³-hybridized carbons (Fsp3) is 0.909. The molecule has 1 saturated heterocycles. The van der Waals surface area contributed by atoms with Crippen LogP contribution >= 0.6 is 0 Å². The van der Waals surface area contributed by atoms with Crippen LogP contribution in [0.25, 0.3) is 0 Å². The van der Waals surface area contributed by atoms with E-state index in [1.165, 1.54) is 63.4 Å². The first-order valence-corrected chi connectivity index (χ1v) is 21.0. The molecule has 1 aliphatic heterocycles. The van der Waals surface area contributed by atoms with Gasteiger partial charge in [0, 0.05) is 31.6 Å². The van der Waals surface area contributed by atoms with Crippen molar-refractivity contribution in [2.24, 2.45) is 62.1 Å². The number of aliphatic hydroxyl groups is 1. The highest BCUT2D eigenvalue weighted by Crippen LogP contribution is 2.78. The third-order valence-electron chi connectivity index (χ3n) is 17.6. The molecule has 0 radical (unpaired) electrons. The van der Waals surface area contributed by atoms with Gasteiger partial charge < -0.3 is 25.2 Å². The van der Waals surface area contributed by atoms with Crippen molar-refractivity contribution in [3.63, 3.8) is 0 Å². The summed E-state index contributed by atoms with van der Waals surface area (Å²) in [6.07, 6.45) is 15.1. The minimum atomic E-state index is -1.12. The van der Waals surface area contributed by atoms with Gasteiger partial charge >= 0.3 is 11.9 Å². The van der Waals surface area contributed by atoms with Crippen molar-refractivity contribution in [1.29, 1.82) is 0 Å². The summed E-state index contributed by atoms with van der Waals surface area (Å²) in [5.41, 5.74) is 1.33. The van der Waals surface area contributed by atoms with Crippen molar-refractivity contribution in [2.45, 2.75) is 157 Å². The molecule has 1 heterocycles. The predicted molar refractivity (Wildman–Crippen MR) is 204 cm³/mol. The molecule has 7 nitrogen and oxygen atoms in total. The van der Waals surface area contributed by atoms with Crippen LogP contribution in [0, 0.1) is 62.1 Å². The van der Waals surface area contributed by atoms with E-state index in [4.69, 9.17) is 4.74 Å². The molecule has 3 N–H and O–H groups in total. The average molecular weight is 711 g/mol. The number of likely N-dealkylation sites (tertiary alicyclic amines) is 1. The van der Waals surface area contributed by atoms with Crippen molar-refractivity contribution in [2.75, 3.05) is 32.7 Å². The minimum absolute atomic E-state index is 0.0917. The molecule has 6 rings (SSSR count). The molecule has 0 bridgehead atoms. The highest BCUT2D eigenvalue weighted by Gasteiger charge is 2.71. The van der Waals surface area contributed by atoms with E-state index in [9.17, 15) is 19.8 Å². The number of carbonyl (C=O) groups is 2. The Kier molecular flexibility index (Phi) is 10.8. The average Bonchev–Trinajstić information content (AvgIpc) is 3.43. The number of carboxylic acid groups (broad SMARTS) is 1. The number of rotatable bonds is 11. The van der Waals surface area contributed by atoms with E-state index < -0.39 is 11.4 Å². The van der Waals surface area contributed by atoms with E-state index in [2.05, 4.69) is 58.3 Å². The molecule has 0 aromatic carbocycles. The fourth-order valence-corrected chi connectivity index (χ4v) is 14.4. The van der Waals surface area contributed by atoms with Crippen LogP contribution in [0.5, 0.6) is 0 Å². The number of nitrogens with one attached hydrogen (secondary N) is 1. The number of fused-ring (bicyclic) bond motifs is 7. The molecule has 10 atom stereocenters. The van der Waals surface area contributed by atoms with Crippen LogP contribution in [-0.2, 0) is 14.3 Å². The van der Waals surface area contributed by atoms with Crippen molar-refractivity contribution >= 4 is 11.9 Å². The summed E-state index contributed by atoms with van der Waals surface area (Å²) in [4.78, 5) is 27.3. The Morgan fingerprint density at radius 2 is 1.57 bits per heavy atom. The summed E-state index contributed by atoms with van der Waals surface area (Å²) in [6, 6.07) is 0. The Balaban J connectivity index is 1.16. The number of ether oxygens (including phenoxy) is 1. The number of aliphatic hydroxyl groups excluding tert-OH is 1. The second-order valence-corrected chi connectivity index (χ2v) is 20.8. The lowest BCUT2D eigenvalue weighted by molar-refractivity contribution is -0.250. The first-order valence-electron chi connectivity index (χ1n) is 21.0. The van der Waals surface area contributed by atoms with Gasteiger partial charge in [-0.15, -0.1) is 0 Å². The van der Waals surface area contributed by atoms with Gasteiger partial charge in [-0.3, -0.25) is 9.59 Å². The molecule has 6 aliphatic rings. The standard InChI is InChI=1S/C44H74N2O5/c1-29(2)31-12-19-44(22-23-45-24-27-46-25-15-30(47)16-26-46)21-20-42(8)32(37(31)44)10-11-34-41(7)17-14-35(51-36(48)28-39(3,4)38(49)50)40(5,6)33(41)13-18-43(34,42)9/h30-35,37,45,47H,1,10-28H2,2-9H3,(H,49,50)/t31-,32+,33-,34+,35-,37+,41-,42+,43+,44+/m0/s1. The van der Waals surface area contributed by atoms with Crippen molar-refractivity contribution in [3.05, 3.63) is 12.2 Å². The first kappa shape index (κ1) is 39.3. The van der Waals surface area contributed by atoms with Gasteiger partial charge in [0.05, 0.1) is 17.9 Å². The Labute approximate surface area is 310 Å². The predicted octanol–water partition coefficient (Wildman–Crippen LogP) is 8.49. The Morgan fingerprint density at radius 1 is 0.863 bits per heavy atom. The second kappa shape index (κ2) is 14.0. The molecule has 0 spiro atoms. The van der Waals surface area contributed by atoms with E-state index in [0.717, 1.165) is 70.2 Å². The van der Waals surface area contributed by atoms with Gasteiger partial charge in [0.15, 0.2) is 0 Å². The van der Waals surface area contributed by atoms with Gasteiger partial charge in [-0.1, -0.05) is 46.8 Å². The van der Waals surface area contributed by atoms with Gasteiger partial charge in [0.25, 0.3) is 0 Å². The van der Waals surface area contributed by atoms with Gasteiger partial charge in [0.2, 0.25) is 0 Å². The van der Waals surface area contributed by atoms with Crippen LogP contribution in [0.4, 0.5) is 0 Å². The van der Waals surface area contributed by atoms with E-state index in [1.807, 2.05) is 0 Å². The second-order valence-electron chi connectivity index (χ2n) is 20.8. The summed E-state index contributed by atoms with van der Waals surface area (Å²) >= 11 is 0. The number of piperidine rings is 1. The van der Waals surface area contributed by atoms with Crippen LogP contribution in [0.3, 0.4) is 0 Å².